The third-order valence-electron chi connectivity index (χ3n) is 2.14. The van der Waals surface area contributed by atoms with Crippen molar-refractivity contribution < 1.29 is 9.59 Å². The maximum atomic E-state index is 11.6. The quantitative estimate of drug-likeness (QED) is 0.824. The van der Waals surface area contributed by atoms with E-state index >= 15 is 0 Å². The van der Waals surface area contributed by atoms with Crippen molar-refractivity contribution in [3.8, 4) is 0 Å². The first-order valence-electron chi connectivity index (χ1n) is 5.01. The van der Waals surface area contributed by atoms with Gasteiger partial charge in [-0.15, -0.1) is 11.3 Å². The van der Waals surface area contributed by atoms with Crippen LogP contribution < -0.4 is 5.32 Å². The minimum absolute atomic E-state index is 0.00251. The van der Waals surface area contributed by atoms with Gasteiger partial charge in [0.2, 0.25) is 11.1 Å². The summed E-state index contributed by atoms with van der Waals surface area (Å²) in [4.78, 5) is 23.7. The average molecular weight is 260 g/mol. The van der Waals surface area contributed by atoms with Gasteiger partial charge in [-0.3, -0.25) is 9.59 Å². The van der Waals surface area contributed by atoms with Crippen LogP contribution in [-0.2, 0) is 16.0 Å². The monoisotopic (exact) mass is 259 g/mol. The molecule has 1 rings (SSSR count). The smallest absolute Gasteiger partial charge is 0.244 e. The van der Waals surface area contributed by atoms with Crippen LogP contribution in [0.5, 0.6) is 0 Å². The van der Waals surface area contributed by atoms with Crippen LogP contribution >= 0.6 is 22.9 Å². The summed E-state index contributed by atoms with van der Waals surface area (Å²) in [5.74, 6) is -0.174. The lowest BCUT2D eigenvalue weighted by Gasteiger charge is -2.17. The van der Waals surface area contributed by atoms with Gasteiger partial charge in [0.25, 0.3) is 0 Å². The van der Waals surface area contributed by atoms with Crippen molar-refractivity contribution in [3.05, 3.63) is 22.4 Å². The topological polar surface area (TPSA) is 46.2 Å². The Kier molecular flexibility index (Phi) is 4.96. The summed E-state index contributed by atoms with van der Waals surface area (Å²) in [5, 5.41) is 4.03. The molecule has 0 spiro atoms. The highest BCUT2D eigenvalue weighted by molar-refractivity contribution is 7.10. The van der Waals surface area contributed by atoms with Crippen molar-refractivity contribution >= 4 is 34.1 Å². The maximum absolute atomic E-state index is 11.6. The van der Waals surface area contributed by atoms with Crippen LogP contribution in [0, 0.1) is 5.92 Å². The number of thiophene rings is 1. The standard InChI is InChI=1S/C11H14ClNO2S/c1-7(2)10(11(12)15)13-9(14)6-8-4-3-5-16-8/h3-5,7,10H,6H2,1-2H3,(H,13,14). The van der Waals surface area contributed by atoms with Crippen LogP contribution in [0.15, 0.2) is 17.5 Å². The highest BCUT2D eigenvalue weighted by atomic mass is 35.5. The fourth-order valence-corrected chi connectivity index (χ4v) is 2.29. The first-order chi connectivity index (χ1) is 7.50. The first kappa shape index (κ1) is 13.2. The molecule has 0 bridgehead atoms. The molecule has 0 fully saturated rings. The van der Waals surface area contributed by atoms with Crippen molar-refractivity contribution in [3.63, 3.8) is 0 Å². The second kappa shape index (κ2) is 6.01. The van der Waals surface area contributed by atoms with Crippen LogP contribution in [0.3, 0.4) is 0 Å². The summed E-state index contributed by atoms with van der Waals surface area (Å²) in [6.45, 7) is 3.69. The molecule has 3 nitrogen and oxygen atoms in total. The third kappa shape index (κ3) is 3.94. The van der Waals surface area contributed by atoms with Gasteiger partial charge in [0.15, 0.2) is 0 Å². The minimum Gasteiger partial charge on any atom is -0.344 e. The van der Waals surface area contributed by atoms with Crippen LogP contribution in [0.1, 0.15) is 18.7 Å². The molecular weight excluding hydrogens is 246 g/mol. The predicted molar refractivity (Wildman–Crippen MR) is 65.7 cm³/mol. The Bertz CT molecular complexity index is 362. The summed E-state index contributed by atoms with van der Waals surface area (Å²) in [6.07, 6.45) is 0.297. The Balaban J connectivity index is 2.52. The van der Waals surface area contributed by atoms with Gasteiger partial charge < -0.3 is 5.32 Å². The Morgan fingerprint density at radius 2 is 2.19 bits per heavy atom. The van der Waals surface area contributed by atoms with Crippen LogP contribution in [0.4, 0.5) is 0 Å². The van der Waals surface area contributed by atoms with Crippen molar-refractivity contribution in [1.82, 2.24) is 5.32 Å². The molecule has 5 heteroatoms. The van der Waals surface area contributed by atoms with Crippen molar-refractivity contribution in [1.29, 1.82) is 0 Å². The van der Waals surface area contributed by atoms with E-state index in [-0.39, 0.29) is 11.8 Å². The highest BCUT2D eigenvalue weighted by Gasteiger charge is 2.22. The minimum atomic E-state index is -0.603. The lowest BCUT2D eigenvalue weighted by atomic mass is 10.1. The number of rotatable bonds is 5. The molecule has 1 atom stereocenters. The second-order valence-corrected chi connectivity index (χ2v) is 5.25. The predicted octanol–water partition coefficient (Wildman–Crippen LogP) is 2.20. The van der Waals surface area contributed by atoms with E-state index < -0.39 is 11.3 Å². The molecule has 1 amide bonds. The molecule has 0 aliphatic carbocycles. The molecule has 0 aromatic carbocycles. The van der Waals surface area contributed by atoms with Gasteiger partial charge in [0.1, 0.15) is 6.04 Å². The van der Waals surface area contributed by atoms with Crippen LogP contribution in [-0.4, -0.2) is 17.2 Å². The Labute approximate surface area is 104 Å². The fraction of sp³-hybridized carbons (Fsp3) is 0.455. The molecule has 0 saturated carbocycles. The largest absolute Gasteiger partial charge is 0.344 e. The molecule has 0 aliphatic heterocycles. The Hall–Kier alpha value is -0.870. The van der Waals surface area contributed by atoms with Gasteiger partial charge in [-0.2, -0.15) is 0 Å². The maximum Gasteiger partial charge on any atom is 0.244 e. The molecule has 0 radical (unpaired) electrons. The number of hydrogen-bond acceptors (Lipinski definition) is 3. The van der Waals surface area contributed by atoms with Crippen molar-refractivity contribution in [2.45, 2.75) is 26.3 Å². The first-order valence-corrected chi connectivity index (χ1v) is 6.27. The summed E-state index contributed by atoms with van der Waals surface area (Å²) in [7, 11) is 0. The third-order valence-corrected chi connectivity index (χ3v) is 3.25. The number of carbonyl (C=O) groups is 2. The summed E-state index contributed by atoms with van der Waals surface area (Å²) >= 11 is 6.93. The molecule has 1 heterocycles. The summed E-state index contributed by atoms with van der Waals surface area (Å²) < 4.78 is 0. The SMILES string of the molecule is CC(C)C(NC(=O)Cc1cccs1)C(=O)Cl. The Morgan fingerprint density at radius 1 is 1.50 bits per heavy atom. The van der Waals surface area contributed by atoms with E-state index in [0.717, 1.165) is 4.88 Å². The van der Waals surface area contributed by atoms with E-state index in [4.69, 9.17) is 11.6 Å². The molecule has 1 unspecified atom stereocenters. The molecule has 16 heavy (non-hydrogen) atoms. The number of amides is 1. The lowest BCUT2D eigenvalue weighted by Crippen LogP contribution is -2.43. The van der Waals surface area contributed by atoms with E-state index in [2.05, 4.69) is 5.32 Å². The number of hydrogen-bond donors (Lipinski definition) is 1. The van der Waals surface area contributed by atoms with Crippen LogP contribution in [0.2, 0.25) is 0 Å². The number of carbonyl (C=O) groups excluding carboxylic acids is 2. The van der Waals surface area contributed by atoms with E-state index in [1.54, 1.807) is 0 Å². The molecule has 88 valence electrons. The van der Waals surface area contributed by atoms with Gasteiger partial charge in [0, 0.05) is 4.88 Å². The van der Waals surface area contributed by atoms with E-state index in [1.807, 2.05) is 31.4 Å². The number of nitrogens with one attached hydrogen (secondary N) is 1. The van der Waals surface area contributed by atoms with Gasteiger partial charge in [-0.25, -0.2) is 0 Å². The fourth-order valence-electron chi connectivity index (χ4n) is 1.28. The van der Waals surface area contributed by atoms with Gasteiger partial charge >= 0.3 is 0 Å². The zero-order valence-electron chi connectivity index (χ0n) is 9.20. The zero-order valence-corrected chi connectivity index (χ0v) is 10.8. The molecule has 1 aromatic heterocycles. The summed E-state index contributed by atoms with van der Waals surface area (Å²) in [6, 6.07) is 3.17. The zero-order chi connectivity index (χ0) is 12.1. The van der Waals surface area contributed by atoms with Crippen molar-refractivity contribution in [2.24, 2.45) is 5.92 Å². The second-order valence-electron chi connectivity index (χ2n) is 3.85. The average Bonchev–Trinajstić information content (AvgIpc) is 2.65. The molecule has 0 saturated heterocycles. The lowest BCUT2D eigenvalue weighted by molar-refractivity contribution is -0.125. The van der Waals surface area contributed by atoms with E-state index in [0.29, 0.717) is 6.42 Å². The summed E-state index contributed by atoms with van der Waals surface area (Å²) in [5.41, 5.74) is 0. The molecule has 0 aliphatic rings. The normalized spacial score (nSPS) is 12.5. The molecule has 1 N–H and O–H groups in total. The number of halogens is 1. The van der Waals surface area contributed by atoms with Gasteiger partial charge in [-0.05, 0) is 29.0 Å². The molecule has 1 aromatic rings. The highest BCUT2D eigenvalue weighted by Crippen LogP contribution is 2.10. The van der Waals surface area contributed by atoms with E-state index in [1.165, 1.54) is 11.3 Å². The Morgan fingerprint density at radius 3 is 2.62 bits per heavy atom. The van der Waals surface area contributed by atoms with Crippen LogP contribution in [0.25, 0.3) is 0 Å². The van der Waals surface area contributed by atoms with Crippen molar-refractivity contribution in [2.75, 3.05) is 0 Å². The van der Waals surface area contributed by atoms with Gasteiger partial charge in [0.05, 0.1) is 6.42 Å². The molecular formula is C11H14ClNO2S. The van der Waals surface area contributed by atoms with Gasteiger partial charge in [-0.1, -0.05) is 19.9 Å². The van der Waals surface area contributed by atoms with E-state index in [9.17, 15) is 9.59 Å².